The first kappa shape index (κ1) is 12.1. The van der Waals surface area contributed by atoms with Crippen LogP contribution >= 0.6 is 11.3 Å². The molecule has 2 aromatic rings. The Labute approximate surface area is 102 Å². The maximum absolute atomic E-state index is 12.3. The number of aromatic nitrogens is 1. The highest BCUT2D eigenvalue weighted by Crippen LogP contribution is 2.24. The van der Waals surface area contributed by atoms with E-state index >= 15 is 0 Å². The Bertz CT molecular complexity index is 459. The van der Waals surface area contributed by atoms with E-state index < -0.39 is 6.43 Å². The van der Waals surface area contributed by atoms with Crippen molar-refractivity contribution in [3.8, 4) is 0 Å². The summed E-state index contributed by atoms with van der Waals surface area (Å²) in [5.74, 6) is 0. The quantitative estimate of drug-likeness (QED) is 0.810. The molecule has 90 valence electrons. The molecule has 0 fully saturated rings. The first-order chi connectivity index (χ1) is 8.25. The van der Waals surface area contributed by atoms with Gasteiger partial charge in [-0.1, -0.05) is 30.3 Å². The van der Waals surface area contributed by atoms with Gasteiger partial charge in [-0.15, -0.1) is 11.3 Å². The summed E-state index contributed by atoms with van der Waals surface area (Å²) in [6, 6.07) is 9.71. The lowest BCUT2D eigenvalue weighted by Gasteiger charge is -2.01. The minimum absolute atomic E-state index is 0.150. The van der Waals surface area contributed by atoms with Gasteiger partial charge in [0.05, 0.1) is 18.1 Å². The lowest BCUT2D eigenvalue weighted by Crippen LogP contribution is -1.91. The van der Waals surface area contributed by atoms with Crippen LogP contribution in [0.2, 0.25) is 0 Å². The third-order valence-electron chi connectivity index (χ3n) is 2.11. The van der Waals surface area contributed by atoms with Crippen molar-refractivity contribution in [2.75, 3.05) is 0 Å². The number of ether oxygens (including phenoxy) is 1. The Balaban J connectivity index is 1.82. The number of nitrogens with zero attached hydrogens (tertiary/aromatic N) is 1. The van der Waals surface area contributed by atoms with E-state index in [2.05, 4.69) is 4.98 Å². The number of alkyl halides is 2. The molecule has 0 atom stereocenters. The minimum Gasteiger partial charge on any atom is -0.371 e. The van der Waals surface area contributed by atoms with Crippen LogP contribution in [0.15, 0.2) is 36.5 Å². The number of thiazole rings is 1. The molecule has 1 heterocycles. The van der Waals surface area contributed by atoms with Gasteiger partial charge in [0.25, 0.3) is 6.43 Å². The molecule has 1 aromatic heterocycles. The van der Waals surface area contributed by atoms with Crippen molar-refractivity contribution < 1.29 is 13.5 Å². The number of rotatable bonds is 5. The molecule has 0 aliphatic rings. The molecule has 5 heteroatoms. The molecule has 0 radical (unpaired) electrons. The van der Waals surface area contributed by atoms with Crippen LogP contribution in [-0.4, -0.2) is 4.98 Å². The second-order valence-corrected chi connectivity index (χ2v) is 4.59. The standard InChI is InChI=1S/C12H11F2NOS/c13-11(14)12-15-6-10(17-12)8-16-7-9-4-2-1-3-5-9/h1-6,11H,7-8H2. The van der Waals surface area contributed by atoms with E-state index in [1.165, 1.54) is 6.20 Å². The summed E-state index contributed by atoms with van der Waals surface area (Å²) in [5, 5.41) is -0.150. The van der Waals surface area contributed by atoms with E-state index in [9.17, 15) is 8.78 Å². The van der Waals surface area contributed by atoms with E-state index in [0.29, 0.717) is 13.2 Å². The maximum Gasteiger partial charge on any atom is 0.289 e. The number of hydrogen-bond donors (Lipinski definition) is 0. The zero-order chi connectivity index (χ0) is 12.1. The van der Waals surface area contributed by atoms with Crippen LogP contribution in [0.3, 0.4) is 0 Å². The smallest absolute Gasteiger partial charge is 0.289 e. The molecule has 0 unspecified atom stereocenters. The second kappa shape index (κ2) is 5.84. The van der Waals surface area contributed by atoms with E-state index in [0.717, 1.165) is 21.8 Å². The zero-order valence-electron chi connectivity index (χ0n) is 8.98. The Morgan fingerprint density at radius 1 is 1.18 bits per heavy atom. The van der Waals surface area contributed by atoms with Gasteiger partial charge in [-0.25, -0.2) is 13.8 Å². The van der Waals surface area contributed by atoms with Gasteiger partial charge in [0, 0.05) is 6.20 Å². The first-order valence-corrected chi connectivity index (χ1v) is 5.92. The van der Waals surface area contributed by atoms with Crippen molar-refractivity contribution in [1.82, 2.24) is 4.98 Å². The van der Waals surface area contributed by atoms with Crippen LogP contribution < -0.4 is 0 Å². The predicted molar refractivity (Wildman–Crippen MR) is 62.0 cm³/mol. The number of halogens is 2. The van der Waals surface area contributed by atoms with Gasteiger partial charge in [-0.3, -0.25) is 0 Å². The molecule has 0 saturated heterocycles. The molecule has 0 aliphatic carbocycles. The first-order valence-electron chi connectivity index (χ1n) is 5.10. The summed E-state index contributed by atoms with van der Waals surface area (Å²) in [7, 11) is 0. The topological polar surface area (TPSA) is 22.1 Å². The Kier molecular flexibility index (Phi) is 4.17. The Hall–Kier alpha value is -1.33. The average Bonchev–Trinajstić information content (AvgIpc) is 2.79. The lowest BCUT2D eigenvalue weighted by molar-refractivity contribution is 0.109. The van der Waals surface area contributed by atoms with E-state index in [1.807, 2.05) is 30.3 Å². The van der Waals surface area contributed by atoms with E-state index in [4.69, 9.17) is 4.74 Å². The van der Waals surface area contributed by atoms with Crippen molar-refractivity contribution in [3.63, 3.8) is 0 Å². The largest absolute Gasteiger partial charge is 0.371 e. The van der Waals surface area contributed by atoms with Gasteiger partial charge < -0.3 is 4.74 Å². The third kappa shape index (κ3) is 3.57. The lowest BCUT2D eigenvalue weighted by atomic mass is 10.2. The van der Waals surface area contributed by atoms with Gasteiger partial charge in [0.2, 0.25) is 0 Å². The van der Waals surface area contributed by atoms with E-state index in [-0.39, 0.29) is 5.01 Å². The van der Waals surface area contributed by atoms with Crippen LogP contribution in [0.4, 0.5) is 8.78 Å². The average molecular weight is 255 g/mol. The van der Waals surface area contributed by atoms with E-state index in [1.54, 1.807) is 0 Å². The number of hydrogen-bond acceptors (Lipinski definition) is 3. The molecule has 2 nitrogen and oxygen atoms in total. The maximum atomic E-state index is 12.3. The highest BCUT2D eigenvalue weighted by Gasteiger charge is 2.11. The van der Waals surface area contributed by atoms with Crippen molar-refractivity contribution in [1.29, 1.82) is 0 Å². The van der Waals surface area contributed by atoms with Gasteiger partial charge in [0.1, 0.15) is 0 Å². The van der Waals surface area contributed by atoms with Crippen LogP contribution in [0, 0.1) is 0 Å². The molecule has 0 bridgehead atoms. The summed E-state index contributed by atoms with van der Waals surface area (Å²) in [6.45, 7) is 0.794. The normalized spacial score (nSPS) is 11.0. The van der Waals surface area contributed by atoms with Crippen LogP contribution in [0.25, 0.3) is 0 Å². The molecular weight excluding hydrogens is 244 g/mol. The van der Waals surface area contributed by atoms with Gasteiger partial charge in [-0.05, 0) is 5.56 Å². The second-order valence-electron chi connectivity index (χ2n) is 3.44. The fourth-order valence-corrected chi connectivity index (χ4v) is 2.04. The highest BCUT2D eigenvalue weighted by molar-refractivity contribution is 7.11. The third-order valence-corrected chi connectivity index (χ3v) is 3.09. The predicted octanol–water partition coefficient (Wildman–Crippen LogP) is 3.80. The van der Waals surface area contributed by atoms with Crippen molar-refractivity contribution in [2.45, 2.75) is 19.6 Å². The molecule has 0 N–H and O–H groups in total. The zero-order valence-corrected chi connectivity index (χ0v) is 9.79. The molecule has 0 aliphatic heterocycles. The number of benzene rings is 1. The molecule has 0 amide bonds. The fourth-order valence-electron chi connectivity index (χ4n) is 1.33. The van der Waals surface area contributed by atoms with Crippen LogP contribution in [0.1, 0.15) is 21.9 Å². The fraction of sp³-hybridized carbons (Fsp3) is 0.250. The van der Waals surface area contributed by atoms with Crippen LogP contribution in [-0.2, 0) is 18.0 Å². The summed E-state index contributed by atoms with van der Waals surface area (Å²) < 4.78 is 30.0. The summed E-state index contributed by atoms with van der Waals surface area (Å²) in [4.78, 5) is 4.35. The van der Waals surface area contributed by atoms with Crippen molar-refractivity contribution in [2.24, 2.45) is 0 Å². The summed E-state index contributed by atoms with van der Waals surface area (Å²) in [5.41, 5.74) is 1.06. The summed E-state index contributed by atoms with van der Waals surface area (Å²) in [6.07, 6.45) is -1.06. The monoisotopic (exact) mass is 255 g/mol. The van der Waals surface area contributed by atoms with Crippen molar-refractivity contribution in [3.05, 3.63) is 52.0 Å². The minimum atomic E-state index is -2.50. The highest BCUT2D eigenvalue weighted by atomic mass is 32.1. The van der Waals surface area contributed by atoms with Crippen molar-refractivity contribution >= 4 is 11.3 Å². The SMILES string of the molecule is FC(F)c1ncc(COCc2ccccc2)s1. The van der Waals surface area contributed by atoms with Gasteiger partial charge in [-0.2, -0.15) is 0 Å². The molecule has 2 rings (SSSR count). The van der Waals surface area contributed by atoms with Crippen LogP contribution in [0.5, 0.6) is 0 Å². The Morgan fingerprint density at radius 3 is 2.59 bits per heavy atom. The molecule has 0 saturated carbocycles. The summed E-state index contributed by atoms with van der Waals surface area (Å²) >= 11 is 0.990. The molecular formula is C12H11F2NOS. The molecule has 0 spiro atoms. The van der Waals surface area contributed by atoms with Gasteiger partial charge in [0.15, 0.2) is 5.01 Å². The molecule has 1 aromatic carbocycles. The Morgan fingerprint density at radius 2 is 1.94 bits per heavy atom. The molecule has 17 heavy (non-hydrogen) atoms. The van der Waals surface area contributed by atoms with Gasteiger partial charge >= 0.3 is 0 Å².